The maximum Gasteiger partial charge on any atom is 0.417 e. The summed E-state index contributed by atoms with van der Waals surface area (Å²) in [6.45, 7) is 3.81. The molecule has 1 heterocycles. The average Bonchev–Trinajstić information content (AvgIpc) is 2.55. The number of nitrogens with one attached hydrogen (secondary N) is 1. The van der Waals surface area contributed by atoms with Gasteiger partial charge in [0, 0.05) is 19.3 Å². The molecule has 1 atom stereocenters. The lowest BCUT2D eigenvalue weighted by Gasteiger charge is -2.31. The van der Waals surface area contributed by atoms with Crippen molar-refractivity contribution in [3.8, 4) is 0 Å². The van der Waals surface area contributed by atoms with E-state index >= 15 is 0 Å². The summed E-state index contributed by atoms with van der Waals surface area (Å²) in [7, 11) is 1.50. The molecule has 2 amide bonds. The highest BCUT2D eigenvalue weighted by atomic mass is 35.5. The Morgan fingerprint density at radius 3 is 2.70 bits per heavy atom. The van der Waals surface area contributed by atoms with Crippen LogP contribution in [0.5, 0.6) is 0 Å². The minimum Gasteiger partial charge on any atom is -0.335 e. The van der Waals surface area contributed by atoms with Crippen LogP contribution in [-0.2, 0) is 15.8 Å². The second-order valence-electron chi connectivity index (χ2n) is 6.97. The molecule has 0 radical (unpaired) electrons. The lowest BCUT2D eigenvalue weighted by atomic mass is 10.0. The number of halogens is 4. The Morgan fingerprint density at radius 2 is 2.07 bits per heavy atom. The zero-order valence-electron chi connectivity index (χ0n) is 15.3. The van der Waals surface area contributed by atoms with Crippen molar-refractivity contribution in [3.63, 3.8) is 0 Å². The molecule has 1 aliphatic rings. The molecule has 0 unspecified atom stereocenters. The van der Waals surface area contributed by atoms with E-state index < -0.39 is 22.7 Å². The summed E-state index contributed by atoms with van der Waals surface area (Å²) >= 11 is 5.56. The normalized spacial score (nSPS) is 18.2. The molecule has 1 N–H and O–H groups in total. The minimum atomic E-state index is -4.61. The van der Waals surface area contributed by atoms with Gasteiger partial charge in [-0.05, 0) is 43.5 Å². The van der Waals surface area contributed by atoms with Gasteiger partial charge in [0.05, 0.1) is 23.7 Å². The first-order chi connectivity index (χ1) is 12.6. The van der Waals surface area contributed by atoms with Gasteiger partial charge in [-0.3, -0.25) is 14.5 Å². The second-order valence-corrected chi connectivity index (χ2v) is 7.38. The van der Waals surface area contributed by atoms with E-state index in [0.717, 1.165) is 38.1 Å². The quantitative estimate of drug-likeness (QED) is 0.816. The zero-order valence-corrected chi connectivity index (χ0v) is 16.0. The van der Waals surface area contributed by atoms with Gasteiger partial charge in [0.25, 0.3) is 0 Å². The van der Waals surface area contributed by atoms with Crippen molar-refractivity contribution in [1.82, 2.24) is 9.80 Å². The van der Waals surface area contributed by atoms with E-state index in [2.05, 4.69) is 17.1 Å². The summed E-state index contributed by atoms with van der Waals surface area (Å²) in [5.74, 6) is -0.243. The van der Waals surface area contributed by atoms with Gasteiger partial charge in [-0.25, -0.2) is 0 Å². The van der Waals surface area contributed by atoms with Crippen molar-refractivity contribution in [1.29, 1.82) is 0 Å². The molecule has 150 valence electrons. The van der Waals surface area contributed by atoms with Gasteiger partial charge in [0.2, 0.25) is 11.8 Å². The molecular weight excluding hydrogens is 383 g/mol. The number of alkyl halides is 3. The molecule has 9 heteroatoms. The summed E-state index contributed by atoms with van der Waals surface area (Å²) < 4.78 is 38.6. The highest BCUT2D eigenvalue weighted by Gasteiger charge is 2.33. The molecule has 0 aliphatic carbocycles. The highest BCUT2D eigenvalue weighted by Crippen LogP contribution is 2.36. The number of hydrogen-bond acceptors (Lipinski definition) is 3. The summed E-state index contributed by atoms with van der Waals surface area (Å²) in [6, 6.07) is 3.13. The lowest BCUT2D eigenvalue weighted by Crippen LogP contribution is -2.44. The van der Waals surface area contributed by atoms with Crippen LogP contribution in [0.2, 0.25) is 5.02 Å². The van der Waals surface area contributed by atoms with E-state index in [1.165, 1.54) is 18.0 Å². The summed E-state index contributed by atoms with van der Waals surface area (Å²) in [6.07, 6.45) is -2.43. The number of carbonyl (C=O) groups is 2. The Kier molecular flexibility index (Phi) is 7.11. The van der Waals surface area contributed by atoms with Gasteiger partial charge in [-0.15, -0.1) is 0 Å². The SMILES string of the molecule is C[C@@H]1CCCN(CC(=O)N(C)CC(=O)Nc2ccc(Cl)c(C(F)(F)F)c2)C1. The van der Waals surface area contributed by atoms with E-state index in [1.54, 1.807) is 0 Å². The van der Waals surface area contributed by atoms with E-state index in [0.29, 0.717) is 5.92 Å². The smallest absolute Gasteiger partial charge is 0.335 e. The standard InChI is InChI=1S/C18H23ClF3N3O2/c1-12-4-3-7-25(9-12)11-17(27)24(2)10-16(26)23-13-5-6-15(19)14(8-13)18(20,21)22/h5-6,8,12H,3-4,7,9-11H2,1-2H3,(H,23,26)/t12-/m1/s1. The first kappa shape index (κ1) is 21.5. The van der Waals surface area contributed by atoms with Crippen LogP contribution in [0.25, 0.3) is 0 Å². The largest absolute Gasteiger partial charge is 0.417 e. The fourth-order valence-electron chi connectivity index (χ4n) is 3.07. The van der Waals surface area contributed by atoms with Crippen molar-refractivity contribution in [2.75, 3.05) is 38.5 Å². The van der Waals surface area contributed by atoms with Gasteiger partial charge in [-0.1, -0.05) is 18.5 Å². The predicted molar refractivity (Wildman–Crippen MR) is 97.6 cm³/mol. The molecule has 0 spiro atoms. The topological polar surface area (TPSA) is 52.7 Å². The third kappa shape index (κ3) is 6.39. The van der Waals surface area contributed by atoms with Crippen molar-refractivity contribution >= 4 is 29.1 Å². The van der Waals surface area contributed by atoms with Gasteiger partial charge < -0.3 is 10.2 Å². The van der Waals surface area contributed by atoms with Crippen LogP contribution in [0.3, 0.4) is 0 Å². The molecule has 0 saturated carbocycles. The number of anilines is 1. The van der Waals surface area contributed by atoms with Crippen LogP contribution in [-0.4, -0.2) is 54.8 Å². The fraction of sp³-hybridized carbons (Fsp3) is 0.556. The van der Waals surface area contributed by atoms with Crippen LogP contribution >= 0.6 is 11.6 Å². The summed E-state index contributed by atoms with van der Waals surface area (Å²) in [4.78, 5) is 27.7. The second kappa shape index (κ2) is 8.93. The molecule has 2 rings (SSSR count). The Bertz CT molecular complexity index is 697. The molecule has 1 aromatic rings. The average molecular weight is 406 g/mol. The third-order valence-corrected chi connectivity index (χ3v) is 4.79. The molecule has 0 bridgehead atoms. The molecular formula is C18H23ClF3N3O2. The lowest BCUT2D eigenvalue weighted by molar-refractivity contribution is -0.137. The predicted octanol–water partition coefficient (Wildman–Crippen LogP) is 3.49. The number of benzene rings is 1. The van der Waals surface area contributed by atoms with E-state index in [9.17, 15) is 22.8 Å². The molecule has 1 aromatic carbocycles. The Labute approximate surface area is 161 Å². The number of likely N-dealkylation sites (tertiary alicyclic amines) is 1. The minimum absolute atomic E-state index is 0.0255. The number of likely N-dealkylation sites (N-methyl/N-ethyl adjacent to an activating group) is 1. The van der Waals surface area contributed by atoms with Crippen LogP contribution in [0.1, 0.15) is 25.3 Å². The Hall–Kier alpha value is -1.80. The molecule has 5 nitrogen and oxygen atoms in total. The molecule has 0 aromatic heterocycles. The Balaban J connectivity index is 1.90. The van der Waals surface area contributed by atoms with Gasteiger partial charge >= 0.3 is 6.18 Å². The van der Waals surface area contributed by atoms with Crippen molar-refractivity contribution in [3.05, 3.63) is 28.8 Å². The Morgan fingerprint density at radius 1 is 1.37 bits per heavy atom. The monoisotopic (exact) mass is 405 g/mol. The van der Waals surface area contributed by atoms with E-state index in [1.807, 2.05) is 0 Å². The van der Waals surface area contributed by atoms with E-state index in [-0.39, 0.29) is 24.7 Å². The third-order valence-electron chi connectivity index (χ3n) is 4.46. The molecule has 1 saturated heterocycles. The first-order valence-corrected chi connectivity index (χ1v) is 9.07. The van der Waals surface area contributed by atoms with Crippen LogP contribution in [0, 0.1) is 5.92 Å². The fourth-order valence-corrected chi connectivity index (χ4v) is 3.29. The van der Waals surface area contributed by atoms with Crippen molar-refractivity contribution in [2.24, 2.45) is 5.92 Å². The molecule has 1 aliphatic heterocycles. The number of rotatable bonds is 5. The van der Waals surface area contributed by atoms with Crippen LogP contribution in [0.15, 0.2) is 18.2 Å². The van der Waals surface area contributed by atoms with Gasteiger partial charge in [-0.2, -0.15) is 13.2 Å². The summed E-state index contributed by atoms with van der Waals surface area (Å²) in [5, 5.41) is 1.93. The van der Waals surface area contributed by atoms with E-state index in [4.69, 9.17) is 11.6 Å². The van der Waals surface area contributed by atoms with Crippen molar-refractivity contribution in [2.45, 2.75) is 25.9 Å². The number of amides is 2. The number of hydrogen-bond donors (Lipinski definition) is 1. The maximum atomic E-state index is 12.9. The van der Waals surface area contributed by atoms with Crippen LogP contribution < -0.4 is 5.32 Å². The molecule has 27 heavy (non-hydrogen) atoms. The van der Waals surface area contributed by atoms with Crippen LogP contribution in [0.4, 0.5) is 18.9 Å². The van der Waals surface area contributed by atoms with Gasteiger partial charge in [0.1, 0.15) is 0 Å². The number of nitrogens with zero attached hydrogens (tertiary/aromatic N) is 2. The zero-order chi connectivity index (χ0) is 20.2. The maximum absolute atomic E-state index is 12.9. The highest BCUT2D eigenvalue weighted by molar-refractivity contribution is 6.31. The summed E-state index contributed by atoms with van der Waals surface area (Å²) in [5.41, 5.74) is -1.05. The number of carbonyl (C=O) groups excluding carboxylic acids is 2. The van der Waals surface area contributed by atoms with Crippen molar-refractivity contribution < 1.29 is 22.8 Å². The van der Waals surface area contributed by atoms with Gasteiger partial charge in [0.15, 0.2) is 0 Å². The number of piperidine rings is 1. The first-order valence-electron chi connectivity index (χ1n) is 8.69. The molecule has 1 fully saturated rings.